The molecule has 26 heavy (non-hydrogen) atoms. The largest absolute Gasteiger partial charge is 0.349 e. The minimum absolute atomic E-state index is 0.0315. The second-order valence-corrected chi connectivity index (χ2v) is 6.77. The Morgan fingerprint density at radius 1 is 1.04 bits per heavy atom. The number of hydrogen-bond donors (Lipinski definition) is 1. The molecule has 3 aromatic heterocycles. The number of nitrogens with one attached hydrogen (secondary N) is 1. The Kier molecular flexibility index (Phi) is 5.33. The summed E-state index contributed by atoms with van der Waals surface area (Å²) in [5.41, 5.74) is 2.02. The first kappa shape index (κ1) is 17.7. The average molecular weight is 367 g/mol. The molecule has 3 heterocycles. The van der Waals surface area contributed by atoms with E-state index in [9.17, 15) is 9.59 Å². The van der Waals surface area contributed by atoms with Crippen LogP contribution in [0.15, 0.2) is 49.1 Å². The zero-order valence-corrected chi connectivity index (χ0v) is 15.2. The summed E-state index contributed by atoms with van der Waals surface area (Å²) in [7, 11) is 3.42. The molecule has 0 unspecified atom stereocenters. The fourth-order valence-electron chi connectivity index (χ4n) is 2.23. The van der Waals surface area contributed by atoms with Gasteiger partial charge >= 0.3 is 0 Å². The summed E-state index contributed by atoms with van der Waals surface area (Å²) in [4.78, 5) is 39.3. The molecule has 0 saturated carbocycles. The van der Waals surface area contributed by atoms with Crippen molar-refractivity contribution >= 4 is 28.3 Å². The second kappa shape index (κ2) is 7.83. The molecule has 0 saturated heterocycles. The van der Waals surface area contributed by atoms with Gasteiger partial charge in [-0.2, -0.15) is 0 Å². The summed E-state index contributed by atoms with van der Waals surface area (Å²) in [5.74, 6) is -0.302. The smallest absolute Gasteiger partial charge is 0.257 e. The molecule has 0 bridgehead atoms. The first-order valence-corrected chi connectivity index (χ1v) is 8.68. The molecule has 7 nitrogen and oxygen atoms in total. The van der Waals surface area contributed by atoms with Crippen molar-refractivity contribution in [2.24, 2.45) is 0 Å². The molecule has 3 aromatic rings. The highest BCUT2D eigenvalue weighted by Gasteiger charge is 2.18. The molecule has 0 spiro atoms. The van der Waals surface area contributed by atoms with Gasteiger partial charge in [0.2, 0.25) is 5.91 Å². The highest BCUT2D eigenvalue weighted by Crippen LogP contribution is 2.31. The van der Waals surface area contributed by atoms with Gasteiger partial charge in [-0.05, 0) is 24.3 Å². The van der Waals surface area contributed by atoms with Crippen molar-refractivity contribution in [3.63, 3.8) is 0 Å². The zero-order chi connectivity index (χ0) is 18.5. The molecule has 0 aliphatic carbocycles. The number of amides is 2. The van der Waals surface area contributed by atoms with Crippen LogP contribution >= 0.6 is 11.3 Å². The van der Waals surface area contributed by atoms with Crippen LogP contribution in [-0.4, -0.2) is 45.8 Å². The van der Waals surface area contributed by atoms with Crippen molar-refractivity contribution in [1.82, 2.24) is 19.9 Å². The van der Waals surface area contributed by atoms with Crippen LogP contribution in [0.1, 0.15) is 15.2 Å². The van der Waals surface area contributed by atoms with Crippen LogP contribution in [-0.2, 0) is 11.2 Å². The molecule has 0 radical (unpaired) electrons. The second-order valence-electron chi connectivity index (χ2n) is 5.68. The van der Waals surface area contributed by atoms with E-state index < -0.39 is 0 Å². The number of thiazole rings is 1. The van der Waals surface area contributed by atoms with E-state index in [2.05, 4.69) is 20.3 Å². The minimum atomic E-state index is -0.270. The van der Waals surface area contributed by atoms with Crippen molar-refractivity contribution in [3.8, 4) is 11.3 Å². The number of rotatable bonds is 5. The molecule has 0 aliphatic rings. The molecular formula is C18H17N5O2S. The van der Waals surface area contributed by atoms with Crippen LogP contribution in [0.25, 0.3) is 11.3 Å². The molecule has 132 valence electrons. The highest BCUT2D eigenvalue weighted by atomic mass is 32.1. The van der Waals surface area contributed by atoms with Gasteiger partial charge < -0.3 is 4.90 Å². The van der Waals surface area contributed by atoms with E-state index in [-0.39, 0.29) is 18.2 Å². The van der Waals surface area contributed by atoms with Gasteiger partial charge in [0.25, 0.3) is 5.91 Å². The number of likely N-dealkylation sites (N-methyl/N-ethyl adjacent to an activating group) is 1. The van der Waals surface area contributed by atoms with Crippen LogP contribution in [0.3, 0.4) is 0 Å². The fraction of sp³-hybridized carbons (Fsp3) is 0.167. The summed E-state index contributed by atoms with van der Waals surface area (Å²) in [6.45, 7) is 0. The Balaban J connectivity index is 1.91. The van der Waals surface area contributed by atoms with Crippen molar-refractivity contribution in [2.75, 3.05) is 19.4 Å². The monoisotopic (exact) mass is 367 g/mol. The molecule has 0 fully saturated rings. The van der Waals surface area contributed by atoms with Gasteiger partial charge in [0, 0.05) is 54.9 Å². The molecule has 0 atom stereocenters. The summed E-state index contributed by atoms with van der Waals surface area (Å²) < 4.78 is 0. The Bertz CT molecular complexity index is 910. The highest BCUT2D eigenvalue weighted by molar-refractivity contribution is 7.16. The lowest BCUT2D eigenvalue weighted by Gasteiger charge is -2.09. The normalized spacial score (nSPS) is 10.4. The van der Waals surface area contributed by atoms with Gasteiger partial charge in [-0.1, -0.05) is 0 Å². The molecular weight excluding hydrogens is 350 g/mol. The van der Waals surface area contributed by atoms with E-state index in [1.165, 1.54) is 16.2 Å². The van der Waals surface area contributed by atoms with Crippen LogP contribution in [0.5, 0.6) is 0 Å². The number of aromatic nitrogens is 3. The molecule has 2 amide bonds. The number of nitrogens with zero attached hydrogens (tertiary/aromatic N) is 4. The number of hydrogen-bond acceptors (Lipinski definition) is 6. The molecule has 1 N–H and O–H groups in total. The first-order chi connectivity index (χ1) is 12.5. The number of carbonyl (C=O) groups excluding carboxylic acids is 2. The summed E-state index contributed by atoms with van der Waals surface area (Å²) in [6, 6.07) is 6.91. The summed E-state index contributed by atoms with van der Waals surface area (Å²) in [5, 5.41) is 3.24. The van der Waals surface area contributed by atoms with E-state index in [0.717, 1.165) is 10.4 Å². The van der Waals surface area contributed by atoms with Crippen LogP contribution in [0.4, 0.5) is 5.13 Å². The molecule has 3 rings (SSSR count). The summed E-state index contributed by atoms with van der Waals surface area (Å²) >= 11 is 1.30. The molecule has 0 aliphatic heterocycles. The predicted molar refractivity (Wildman–Crippen MR) is 99.9 cm³/mol. The maximum absolute atomic E-state index is 12.3. The van der Waals surface area contributed by atoms with Gasteiger partial charge in [0.15, 0.2) is 5.13 Å². The van der Waals surface area contributed by atoms with E-state index in [0.29, 0.717) is 16.4 Å². The first-order valence-electron chi connectivity index (χ1n) is 7.86. The zero-order valence-electron chi connectivity index (χ0n) is 14.3. The lowest BCUT2D eigenvalue weighted by Crippen LogP contribution is -2.23. The SMILES string of the molecule is CN(C)C(=O)Cc1sc(NC(=O)c2ccncc2)nc1-c1ccncc1. The van der Waals surface area contributed by atoms with Gasteiger partial charge in [-0.3, -0.25) is 24.9 Å². The standard InChI is InChI=1S/C18H17N5O2S/c1-23(2)15(24)11-14-16(12-3-7-19-8-4-12)21-18(26-14)22-17(25)13-5-9-20-10-6-13/h3-10H,11H2,1-2H3,(H,21,22,25). The van der Waals surface area contributed by atoms with Gasteiger partial charge in [0.1, 0.15) is 0 Å². The third-order valence-electron chi connectivity index (χ3n) is 3.62. The Hall–Kier alpha value is -3.13. The topological polar surface area (TPSA) is 88.1 Å². The van der Waals surface area contributed by atoms with Crippen LogP contribution in [0.2, 0.25) is 0 Å². The number of anilines is 1. The third kappa shape index (κ3) is 4.09. The minimum Gasteiger partial charge on any atom is -0.349 e. The molecule has 8 heteroatoms. The van der Waals surface area contributed by atoms with E-state index >= 15 is 0 Å². The maximum Gasteiger partial charge on any atom is 0.257 e. The number of pyridine rings is 2. The quantitative estimate of drug-likeness (QED) is 0.748. The Morgan fingerprint density at radius 3 is 2.27 bits per heavy atom. The van der Waals surface area contributed by atoms with Crippen LogP contribution in [0, 0.1) is 0 Å². The van der Waals surface area contributed by atoms with Crippen molar-refractivity contribution in [1.29, 1.82) is 0 Å². The Labute approximate surface area is 154 Å². The van der Waals surface area contributed by atoms with E-state index in [1.54, 1.807) is 51.0 Å². The maximum atomic E-state index is 12.3. The lowest BCUT2D eigenvalue weighted by atomic mass is 10.1. The lowest BCUT2D eigenvalue weighted by molar-refractivity contribution is -0.127. The van der Waals surface area contributed by atoms with Gasteiger partial charge in [-0.15, -0.1) is 11.3 Å². The van der Waals surface area contributed by atoms with Crippen molar-refractivity contribution < 1.29 is 9.59 Å². The van der Waals surface area contributed by atoms with E-state index in [4.69, 9.17) is 0 Å². The Morgan fingerprint density at radius 2 is 1.65 bits per heavy atom. The van der Waals surface area contributed by atoms with Crippen molar-refractivity contribution in [2.45, 2.75) is 6.42 Å². The summed E-state index contributed by atoms with van der Waals surface area (Å²) in [6.07, 6.45) is 6.66. The number of carbonyl (C=O) groups is 2. The van der Waals surface area contributed by atoms with E-state index in [1.807, 2.05) is 12.1 Å². The third-order valence-corrected chi connectivity index (χ3v) is 4.60. The fourth-order valence-corrected chi connectivity index (χ4v) is 3.20. The molecule has 0 aromatic carbocycles. The predicted octanol–water partition coefficient (Wildman–Crippen LogP) is 2.48. The van der Waals surface area contributed by atoms with Crippen LogP contribution < -0.4 is 5.32 Å². The van der Waals surface area contributed by atoms with Crippen molar-refractivity contribution in [3.05, 3.63) is 59.5 Å². The van der Waals surface area contributed by atoms with Gasteiger partial charge in [-0.25, -0.2) is 4.98 Å². The van der Waals surface area contributed by atoms with Gasteiger partial charge in [0.05, 0.1) is 12.1 Å². The average Bonchev–Trinajstić information content (AvgIpc) is 3.05.